The first-order chi connectivity index (χ1) is 14.5. The Morgan fingerprint density at radius 3 is 1.62 bits per heavy atom. The predicted octanol–water partition coefficient (Wildman–Crippen LogP) is 4.55. The van der Waals surface area contributed by atoms with Crippen molar-refractivity contribution in [3.63, 3.8) is 0 Å². The van der Waals surface area contributed by atoms with Crippen molar-refractivity contribution in [2.24, 2.45) is 10.8 Å². The van der Waals surface area contributed by atoms with Crippen molar-refractivity contribution >= 4 is 17.9 Å². The molecule has 1 aromatic carbocycles. The van der Waals surface area contributed by atoms with Crippen LogP contribution in [0.1, 0.15) is 67.9 Å². The molecule has 3 rings (SSSR count). The molecule has 0 bridgehead atoms. The summed E-state index contributed by atoms with van der Waals surface area (Å²) < 4.78 is 1.53. The van der Waals surface area contributed by atoms with E-state index >= 15 is 0 Å². The maximum Gasteiger partial charge on any atom is 0.279 e. The molecule has 32 heavy (non-hydrogen) atoms. The number of rotatable bonds is 1. The Balaban J connectivity index is 2.30. The number of allylic oxidation sites excluding steroid dienone is 4. The second-order valence-corrected chi connectivity index (χ2v) is 11.8. The first-order valence-electron chi connectivity index (χ1n) is 11.2. The molecule has 0 amide bonds. The summed E-state index contributed by atoms with van der Waals surface area (Å²) in [7, 11) is 0. The van der Waals surface area contributed by atoms with Crippen LogP contribution >= 0.6 is 0 Å². The highest BCUT2D eigenvalue weighted by molar-refractivity contribution is 6.14. The molecule has 0 radical (unpaired) electrons. The number of Topliss-reactive ketones (excluding diaryl/α,β-unsaturated/α-hetero) is 1. The van der Waals surface area contributed by atoms with E-state index in [1.165, 1.54) is 10.2 Å². The minimum atomic E-state index is -0.341. The molecule has 0 aliphatic heterocycles. The van der Waals surface area contributed by atoms with Crippen molar-refractivity contribution in [2.75, 3.05) is 0 Å². The number of aromatic nitrogens is 2. The van der Waals surface area contributed by atoms with Gasteiger partial charge in [-0.15, -0.1) is 0 Å². The van der Waals surface area contributed by atoms with Crippen LogP contribution in [0.15, 0.2) is 52.4 Å². The van der Waals surface area contributed by atoms with Crippen LogP contribution in [0.3, 0.4) is 0 Å². The van der Waals surface area contributed by atoms with E-state index in [4.69, 9.17) is 0 Å². The molecule has 1 aliphatic rings. The number of H-pyrrole nitrogens is 1. The third-order valence-electron chi connectivity index (χ3n) is 5.95. The standard InChI is InChI=1S/C28H36N2O2/c1-17-23(18-15-21(27(5,6)7)24(31)22(16-18)28(8,9)10)25(32)30(29-17)20-13-11-19(12-14-20)26(2,3)4/h11-16,29H,1H2,2-10H3. The number of nitrogens with one attached hydrogen (secondary N) is 1. The molecule has 1 N–H and O–H groups in total. The fraction of sp³-hybridized carbons (Fsp3) is 0.429. The summed E-state index contributed by atoms with van der Waals surface area (Å²) in [4.78, 5) is 26.7. The van der Waals surface area contributed by atoms with Gasteiger partial charge in [0.2, 0.25) is 0 Å². The zero-order valence-electron chi connectivity index (χ0n) is 20.9. The number of ketones is 1. The third kappa shape index (κ3) is 4.36. The molecule has 0 saturated carbocycles. The van der Waals surface area contributed by atoms with Crippen LogP contribution in [0.25, 0.3) is 17.8 Å². The Bertz CT molecular complexity index is 1250. The van der Waals surface area contributed by atoms with Crippen molar-refractivity contribution in [3.05, 3.63) is 74.0 Å². The lowest BCUT2D eigenvalue weighted by atomic mass is 9.72. The molecular formula is C28H36N2O2. The second-order valence-electron chi connectivity index (χ2n) is 11.8. The fourth-order valence-corrected chi connectivity index (χ4v) is 3.96. The zero-order chi connectivity index (χ0) is 24.2. The van der Waals surface area contributed by atoms with Gasteiger partial charge in [0.15, 0.2) is 5.78 Å². The van der Waals surface area contributed by atoms with Crippen LogP contribution in [0.4, 0.5) is 0 Å². The average molecular weight is 433 g/mol. The van der Waals surface area contributed by atoms with Crippen molar-refractivity contribution < 1.29 is 4.79 Å². The van der Waals surface area contributed by atoms with E-state index in [0.29, 0.717) is 21.7 Å². The van der Waals surface area contributed by atoms with Gasteiger partial charge in [0.25, 0.3) is 5.56 Å². The minimum Gasteiger partial charge on any atom is -0.291 e. The van der Waals surface area contributed by atoms with Crippen LogP contribution in [0.5, 0.6) is 0 Å². The number of carbonyl (C=O) groups is 1. The molecular weight excluding hydrogens is 396 g/mol. The molecule has 0 atom stereocenters. The monoisotopic (exact) mass is 432 g/mol. The van der Waals surface area contributed by atoms with E-state index in [0.717, 1.165) is 11.3 Å². The van der Waals surface area contributed by atoms with Crippen molar-refractivity contribution in [1.29, 1.82) is 0 Å². The number of hydrogen-bond donors (Lipinski definition) is 1. The minimum absolute atomic E-state index is 0.0364. The molecule has 1 aromatic heterocycles. The molecule has 170 valence electrons. The van der Waals surface area contributed by atoms with Gasteiger partial charge in [-0.05, 0) is 51.7 Å². The molecule has 0 unspecified atom stereocenters. The zero-order valence-corrected chi connectivity index (χ0v) is 20.9. The average Bonchev–Trinajstić information content (AvgIpc) is 2.94. The van der Waals surface area contributed by atoms with Gasteiger partial charge in [0.05, 0.1) is 16.3 Å². The van der Waals surface area contributed by atoms with Crippen LogP contribution in [-0.2, 0) is 10.2 Å². The Labute approximate surface area is 191 Å². The van der Waals surface area contributed by atoms with Crippen LogP contribution in [-0.4, -0.2) is 15.6 Å². The van der Waals surface area contributed by atoms with Gasteiger partial charge >= 0.3 is 0 Å². The summed E-state index contributed by atoms with van der Waals surface area (Å²) in [5, 5.41) is 4.17. The summed E-state index contributed by atoms with van der Waals surface area (Å²) in [6.07, 6.45) is 3.73. The van der Waals surface area contributed by atoms with Gasteiger partial charge < -0.3 is 0 Å². The summed E-state index contributed by atoms with van der Waals surface area (Å²) in [5.74, 6) is 0.0491. The summed E-state index contributed by atoms with van der Waals surface area (Å²) in [6.45, 7) is 22.7. The molecule has 4 nitrogen and oxygen atoms in total. The van der Waals surface area contributed by atoms with Crippen molar-refractivity contribution in [1.82, 2.24) is 9.78 Å². The SMILES string of the molecule is C=c1[nH]n(-c2ccc(C(C)(C)C)cc2)c(=O)c1=C1C=C(C(C)(C)C)C(=O)C(C(C)(C)C)=C1. The van der Waals surface area contributed by atoms with Gasteiger partial charge in [-0.25, -0.2) is 4.68 Å². The second kappa shape index (κ2) is 7.61. The maximum atomic E-state index is 13.5. The fourth-order valence-electron chi connectivity index (χ4n) is 3.96. The Hall–Kier alpha value is -2.88. The highest BCUT2D eigenvalue weighted by Crippen LogP contribution is 2.38. The lowest BCUT2D eigenvalue weighted by Gasteiger charge is -2.31. The molecule has 0 spiro atoms. The van der Waals surface area contributed by atoms with E-state index in [2.05, 4.69) is 32.4 Å². The lowest BCUT2D eigenvalue weighted by molar-refractivity contribution is -0.114. The van der Waals surface area contributed by atoms with E-state index in [1.54, 1.807) is 0 Å². The Morgan fingerprint density at radius 1 is 0.750 bits per heavy atom. The summed E-state index contributed by atoms with van der Waals surface area (Å²) in [6, 6.07) is 7.99. The quantitative estimate of drug-likeness (QED) is 0.719. The Morgan fingerprint density at radius 2 is 1.22 bits per heavy atom. The van der Waals surface area contributed by atoms with Crippen LogP contribution in [0.2, 0.25) is 0 Å². The maximum absolute atomic E-state index is 13.5. The summed E-state index contributed by atoms with van der Waals surface area (Å²) in [5.41, 5.74) is 3.29. The molecule has 1 aliphatic carbocycles. The highest BCUT2D eigenvalue weighted by Gasteiger charge is 2.34. The van der Waals surface area contributed by atoms with E-state index in [9.17, 15) is 9.59 Å². The van der Waals surface area contributed by atoms with Gasteiger partial charge in [0.1, 0.15) is 0 Å². The van der Waals surface area contributed by atoms with Crippen LogP contribution in [0, 0.1) is 10.8 Å². The molecule has 2 aromatic rings. The molecule has 4 heteroatoms. The van der Waals surface area contributed by atoms with Crippen LogP contribution < -0.4 is 16.1 Å². The van der Waals surface area contributed by atoms with E-state index < -0.39 is 0 Å². The van der Waals surface area contributed by atoms with E-state index in [1.807, 2.05) is 78.0 Å². The van der Waals surface area contributed by atoms with Gasteiger partial charge in [-0.1, -0.05) is 81.0 Å². The molecule has 0 fully saturated rings. The van der Waals surface area contributed by atoms with Crippen molar-refractivity contribution in [2.45, 2.75) is 67.7 Å². The van der Waals surface area contributed by atoms with Crippen molar-refractivity contribution in [3.8, 4) is 5.69 Å². The number of benzene rings is 1. The predicted molar refractivity (Wildman–Crippen MR) is 133 cm³/mol. The first-order valence-corrected chi connectivity index (χ1v) is 11.2. The highest BCUT2D eigenvalue weighted by atomic mass is 16.1. The number of aromatic amines is 1. The largest absolute Gasteiger partial charge is 0.291 e. The van der Waals surface area contributed by atoms with Gasteiger partial charge in [-0.3, -0.25) is 14.7 Å². The number of carbonyl (C=O) groups excluding carboxylic acids is 1. The lowest BCUT2D eigenvalue weighted by Crippen LogP contribution is -2.37. The normalized spacial score (nSPS) is 15.7. The van der Waals surface area contributed by atoms with Gasteiger partial charge in [0, 0.05) is 11.1 Å². The van der Waals surface area contributed by atoms with Gasteiger partial charge in [-0.2, -0.15) is 0 Å². The first kappa shape index (κ1) is 23.8. The number of nitrogens with zero attached hydrogens (tertiary/aromatic N) is 1. The molecule has 1 heterocycles. The summed E-state index contributed by atoms with van der Waals surface area (Å²) >= 11 is 0. The topological polar surface area (TPSA) is 54.9 Å². The number of hydrogen-bond acceptors (Lipinski definition) is 2. The Kier molecular flexibility index (Phi) is 5.66. The third-order valence-corrected chi connectivity index (χ3v) is 5.95. The molecule has 0 saturated heterocycles. The smallest absolute Gasteiger partial charge is 0.279 e. The van der Waals surface area contributed by atoms with E-state index in [-0.39, 0.29) is 27.6 Å².